The van der Waals surface area contributed by atoms with Crippen LogP contribution < -0.4 is 74.6 Å². The Balaban J connectivity index is 0.000000275. The quantitative estimate of drug-likeness (QED) is 0.00441. The van der Waals surface area contributed by atoms with E-state index in [-0.39, 0.29) is 102 Å². The van der Waals surface area contributed by atoms with Crippen LogP contribution in [0.15, 0.2) is 119 Å². The van der Waals surface area contributed by atoms with Crippen molar-refractivity contribution in [1.29, 1.82) is 0 Å². The number of aromatic nitrogens is 6. The van der Waals surface area contributed by atoms with Crippen LogP contribution in [0.25, 0.3) is 43.7 Å². The molecule has 0 saturated heterocycles. The van der Waals surface area contributed by atoms with Crippen molar-refractivity contribution < 1.29 is 72.5 Å². The molecule has 5 heterocycles. The second-order valence-corrected chi connectivity index (χ2v) is 36.9. The van der Waals surface area contributed by atoms with Gasteiger partial charge in [-0.3, -0.25) is 62.7 Å². The summed E-state index contributed by atoms with van der Waals surface area (Å²) in [5.41, 5.74) is 22.7. The molecule has 117 heavy (non-hydrogen) atoms. The number of guanidine groups is 1. The molecule has 9 aromatic rings. The topological polar surface area (TPSA) is 551 Å². The summed E-state index contributed by atoms with van der Waals surface area (Å²) in [5.74, 6) is -8.21. The molecule has 0 fully saturated rings. The van der Waals surface area contributed by atoms with Crippen molar-refractivity contribution in [3.05, 3.63) is 148 Å². The molecule has 10 rings (SSSR count). The number of aromatic amines is 3. The molecule has 1 aliphatic rings. The van der Waals surface area contributed by atoms with Crippen molar-refractivity contribution in [2.45, 2.75) is 147 Å². The first-order chi connectivity index (χ1) is 55.5. The van der Waals surface area contributed by atoms with Crippen molar-refractivity contribution in [1.82, 2.24) is 56.5 Å². The van der Waals surface area contributed by atoms with Crippen LogP contribution in [0.2, 0.25) is 18.1 Å². The molecule has 1 unspecified atom stereocenters. The third kappa shape index (κ3) is 23.9. The Morgan fingerprint density at radius 3 is 1.91 bits per heavy atom. The molecule has 5 aromatic carbocycles. The van der Waals surface area contributed by atoms with Crippen LogP contribution in [-0.4, -0.2) is 185 Å². The van der Waals surface area contributed by atoms with Crippen LogP contribution in [0.4, 0.5) is 28.7 Å². The Morgan fingerprint density at radius 1 is 0.701 bits per heavy atom. The van der Waals surface area contributed by atoms with Crippen molar-refractivity contribution in [3.8, 4) is 5.75 Å². The lowest BCUT2D eigenvalue weighted by Gasteiger charge is -2.37. The molecule has 1 aliphatic heterocycles. The SMILES string of the molecule is CCC(=O)Nc1ccc2[nH]c(C(=O)Nc3ccc4[nH]c(C(=O)N5CC(CCl)c6c5cc(O[Si](C)(C)C(C)(C)C)c5ccccc65)cc4c3)cc2c1.CCSSC[C@@H](NC(=O)[C@H](CC(=O)O)NC(=O)[C@H](CCCN=C(N)N)NC(=O)[C@H](CC(=O)O)NC(=O)CC[C@@H](C)NC(=O)c1ccc(NCc2cnc3nc(N)[nH]c(=O)c3n2)cc1)C(=O)O. The molecule has 20 N–H and O–H groups in total. The molecule has 35 nitrogen and oxygen atoms in total. The summed E-state index contributed by atoms with van der Waals surface area (Å²) in [6, 6.07) is 24.1. The fraction of sp³-hybridized carbons (Fsp3) is 0.359. The van der Waals surface area contributed by atoms with Gasteiger partial charge in [0.25, 0.3) is 31.6 Å². The highest BCUT2D eigenvalue weighted by molar-refractivity contribution is 8.76. The number of nitrogen functional groups attached to an aromatic ring is 1. The fourth-order valence-corrected chi connectivity index (χ4v) is 15.3. The third-order valence-corrected chi connectivity index (χ3v) is 26.5. The number of H-pyrrole nitrogens is 3. The number of hydrogen-bond acceptors (Lipinski definition) is 21. The second kappa shape index (κ2) is 39.8. The predicted octanol–water partition coefficient (Wildman–Crippen LogP) is 8.00. The molecule has 0 bridgehead atoms. The van der Waals surface area contributed by atoms with E-state index < -0.39 is 104 Å². The molecule has 4 aromatic heterocycles. The van der Waals surface area contributed by atoms with Gasteiger partial charge >= 0.3 is 17.9 Å². The zero-order chi connectivity index (χ0) is 85.2. The maximum absolute atomic E-state index is 14.3. The van der Waals surface area contributed by atoms with Gasteiger partial charge < -0.3 is 94.3 Å². The Morgan fingerprint density at radius 2 is 1.30 bits per heavy atom. The van der Waals surface area contributed by atoms with Crippen molar-refractivity contribution in [2.75, 3.05) is 57.1 Å². The third-order valence-electron chi connectivity index (χ3n) is 19.3. The van der Waals surface area contributed by atoms with Gasteiger partial charge in [-0.05, 0) is 128 Å². The van der Waals surface area contributed by atoms with E-state index in [2.05, 4.69) is 123 Å². The van der Waals surface area contributed by atoms with Crippen molar-refractivity contribution in [2.24, 2.45) is 16.5 Å². The summed E-state index contributed by atoms with van der Waals surface area (Å²) in [6.07, 6.45) is -0.475. The predicted molar refractivity (Wildman–Crippen MR) is 453 cm³/mol. The maximum atomic E-state index is 14.3. The highest BCUT2D eigenvalue weighted by Gasteiger charge is 2.42. The Hall–Kier alpha value is -12.3. The number of carboxylic acids is 3. The minimum absolute atomic E-state index is 0.00208. The number of hydrogen-bond donors (Lipinski definition) is 17. The average molecular weight is 1680 g/mol. The number of carbonyl (C=O) groups is 11. The first-order valence-corrected chi connectivity index (χ1v) is 43.3. The largest absolute Gasteiger partial charge is 0.543 e. The van der Waals surface area contributed by atoms with E-state index in [4.69, 9.17) is 33.2 Å². The molecule has 0 aliphatic carbocycles. The van der Waals surface area contributed by atoms with Gasteiger partial charge in [-0.15, -0.1) is 11.6 Å². The zero-order valence-corrected chi connectivity index (χ0v) is 68.7. The van der Waals surface area contributed by atoms with Gasteiger partial charge in [0.15, 0.2) is 17.1 Å². The number of nitrogens with two attached hydrogens (primary N) is 3. The van der Waals surface area contributed by atoms with E-state index in [1.165, 1.54) is 17.0 Å². The monoisotopic (exact) mass is 1680 g/mol. The summed E-state index contributed by atoms with van der Waals surface area (Å²) in [6.45, 7) is 17.0. The van der Waals surface area contributed by atoms with E-state index in [0.717, 1.165) is 60.4 Å². The summed E-state index contributed by atoms with van der Waals surface area (Å²) >= 11 is 6.56. The first kappa shape index (κ1) is 88.7. The number of aliphatic imine (C=N–C) groups is 1. The van der Waals surface area contributed by atoms with Crippen LogP contribution >= 0.6 is 33.2 Å². The lowest BCUT2D eigenvalue weighted by Crippen LogP contribution is -2.58. The van der Waals surface area contributed by atoms with Gasteiger partial charge in [-0.25, -0.2) is 14.8 Å². The van der Waals surface area contributed by atoms with E-state index in [9.17, 15) is 72.9 Å². The molecule has 0 spiro atoms. The normalized spacial score (nSPS) is 13.8. The van der Waals surface area contributed by atoms with E-state index >= 15 is 0 Å². The van der Waals surface area contributed by atoms with E-state index in [1.54, 1.807) is 56.3 Å². The second-order valence-electron chi connectivity index (χ2n) is 29.1. The molecule has 8 amide bonds. The number of fused-ring (bicyclic) bond motifs is 6. The van der Waals surface area contributed by atoms with Gasteiger partial charge in [0.05, 0.1) is 37.0 Å². The molecule has 6 atom stereocenters. The number of nitrogens with zero attached hydrogens (tertiary/aromatic N) is 5. The summed E-state index contributed by atoms with van der Waals surface area (Å²) < 4.78 is 6.88. The minimum Gasteiger partial charge on any atom is -0.543 e. The lowest BCUT2D eigenvalue weighted by molar-refractivity contribution is -0.143. The van der Waals surface area contributed by atoms with Crippen molar-refractivity contribution >= 4 is 185 Å². The number of carbonyl (C=O) groups excluding carboxylic acids is 8. The van der Waals surface area contributed by atoms with Crippen LogP contribution in [0.3, 0.4) is 0 Å². The number of rotatable bonds is 36. The summed E-state index contributed by atoms with van der Waals surface area (Å²) in [5, 5.41) is 53.1. The van der Waals surface area contributed by atoms with Gasteiger partial charge in [0.2, 0.25) is 35.5 Å². The van der Waals surface area contributed by atoms with Crippen LogP contribution in [0.1, 0.15) is 135 Å². The minimum atomic E-state index is -2.19. The smallest absolute Gasteiger partial charge is 0.327 e. The van der Waals surface area contributed by atoms with Gasteiger partial charge in [0.1, 0.15) is 41.3 Å². The summed E-state index contributed by atoms with van der Waals surface area (Å²) in [7, 11) is 0.288. The van der Waals surface area contributed by atoms with Crippen LogP contribution in [0, 0.1) is 0 Å². The fourth-order valence-electron chi connectivity index (χ4n) is 12.2. The van der Waals surface area contributed by atoms with Crippen LogP contribution in [0.5, 0.6) is 5.75 Å². The number of amides is 8. The maximum Gasteiger partial charge on any atom is 0.327 e. The Bertz CT molecular complexity index is 5330. The summed E-state index contributed by atoms with van der Waals surface area (Å²) in [4.78, 5) is 180. The van der Waals surface area contributed by atoms with Crippen LogP contribution in [-0.2, 0) is 44.9 Å². The highest BCUT2D eigenvalue weighted by atomic mass is 35.5. The molecule has 0 radical (unpaired) electrons. The lowest BCUT2D eigenvalue weighted by atomic mass is 9.95. The average Bonchev–Trinajstić information content (AvgIpc) is 1.61. The standard InChI is InChI=1S/C40H42ClN5O4Si.C38H52N14O12S2/c1-7-36(47)42-26-12-14-30-23(16-26)18-32(44-30)38(48)43-27-13-15-31-24(17-27)19-33(45-31)39(49)46-22-25(21-41)37-29-11-9-8-10-28(29)35(20-34(37)46)50-51(5,6)40(2,3)4;1-3-65-66-17-25(36(63)64)50-34(61)24(14-28(56)57)49-32(59)22(5-4-12-42-37(39)40)48-33(60)23(13-27(54)55)47-26(53)11-6-18(2)45-31(58)19-7-9-20(10-8-19)43-15-21-16-44-30-29(46-21)35(62)52-38(41)51-30/h8-20,25,44-45H,7,21-22H2,1-6H3,(H,42,47)(H,43,48);7-10,16,18,22-25,43H,3-6,11-15,17H2,1-2H3,(H,45,58)(H,47,53)(H,48,60)(H,49,59)(H,50,61)(H,54,55)(H,56,57)(H,63,64)(H4,39,40,42)(H3,41,44,51,52,62)/t;18-,22+,23+,24+,25-/m.1/s1. The number of carboxylic acid groups (broad SMARTS) is 3. The number of alkyl halides is 1. The Kier molecular flexibility index (Phi) is 30.2. The van der Waals surface area contributed by atoms with Gasteiger partial charge in [-0.1, -0.05) is 80.5 Å². The molecule has 39 heteroatoms. The number of nitrogens with one attached hydrogen (secondary N) is 11. The molecular formula is C78H94ClN19O16S2Si. The van der Waals surface area contributed by atoms with Gasteiger partial charge in [0, 0.05) is 111 Å². The molecule has 0 saturated carbocycles. The Labute approximate surface area is 684 Å². The number of aliphatic carboxylic acids is 3. The van der Waals surface area contributed by atoms with E-state index in [0.29, 0.717) is 58.7 Å². The number of benzene rings is 5. The van der Waals surface area contributed by atoms with Gasteiger partial charge in [-0.2, -0.15) is 4.98 Å². The number of halogens is 1. The molecular weight excluding hydrogens is 1590 g/mol. The number of anilines is 5. The van der Waals surface area contributed by atoms with E-state index in [1.807, 2.05) is 60.4 Å². The molecule has 620 valence electrons. The van der Waals surface area contributed by atoms with Crippen molar-refractivity contribution in [3.63, 3.8) is 0 Å². The zero-order valence-electron chi connectivity index (χ0n) is 65.4. The highest BCUT2D eigenvalue weighted by Crippen LogP contribution is 2.48. The first-order valence-electron chi connectivity index (χ1n) is 37.3.